The molecule has 2 aliphatic heterocycles. The summed E-state index contributed by atoms with van der Waals surface area (Å²) < 4.78 is 9.17. The topological polar surface area (TPSA) is 94.5 Å². The molecule has 10 heteroatoms. The zero-order valence-electron chi connectivity index (χ0n) is 55.5. The highest BCUT2D eigenvalue weighted by Crippen LogP contribution is 2.64. The van der Waals surface area contributed by atoms with Gasteiger partial charge in [0.15, 0.2) is 0 Å². The van der Waals surface area contributed by atoms with Crippen molar-refractivity contribution in [3.8, 4) is 67.3 Å². The fourth-order valence-corrected chi connectivity index (χ4v) is 18.0. The molecule has 2 saturated heterocycles. The summed E-state index contributed by atoms with van der Waals surface area (Å²) in [6.07, 6.45) is 0.812. The van der Waals surface area contributed by atoms with E-state index in [9.17, 15) is 4.79 Å². The molecule has 21 rings (SSSR count). The zero-order valence-corrected chi connectivity index (χ0v) is 55.5. The smallest absolute Gasteiger partial charge is 0.238 e. The molecule has 3 amide bonds. The molecule has 0 spiro atoms. The van der Waals surface area contributed by atoms with Crippen LogP contribution in [0.1, 0.15) is 0 Å². The first-order valence-corrected chi connectivity index (χ1v) is 35.1. The molecular formula is C93H60N6O4. The molecule has 10 nitrogen and oxygen atoms in total. The standard InChI is InChI=1S/C93H60N6O4/c100-56-93-55-94(69-47-61(57-40-44-83-78(51-57)74-32-16-20-36-82(74)95(83)65-21-5-1-6-22-65)45-62(48-69)58-37-41-75-71-29-13-17-33-79(71)96(84(75)52-58)66-23-7-2-8-24-66)91(102)88(93)87-89(93)92(103)99(90(87)101)70-49-63(59-38-42-76-72-30-14-18-34-80(72)97(85(76)53-59)67-25-9-3-10-26-67)46-64(50-70)60-39-43-77-73-31-15-19-35-81(73)98(86(77)54-60)68-27-11-4-12-28-68/h1-54,56,87-89H,55H2. The predicted octanol–water partition coefficient (Wildman–Crippen LogP) is 20.7. The van der Waals surface area contributed by atoms with Crippen LogP contribution in [0.5, 0.6) is 0 Å². The van der Waals surface area contributed by atoms with Crippen molar-refractivity contribution in [2.24, 2.45) is 23.2 Å². The third-order valence-corrected chi connectivity index (χ3v) is 22.5. The summed E-state index contributed by atoms with van der Waals surface area (Å²) in [5, 5.41) is 8.81. The van der Waals surface area contributed by atoms with Crippen LogP contribution >= 0.6 is 0 Å². The van der Waals surface area contributed by atoms with Crippen molar-refractivity contribution in [2.45, 2.75) is 0 Å². The summed E-state index contributed by atoms with van der Waals surface area (Å²) in [4.78, 5) is 65.2. The van der Waals surface area contributed by atoms with Gasteiger partial charge in [-0.15, -0.1) is 0 Å². The van der Waals surface area contributed by atoms with Crippen LogP contribution in [0.15, 0.2) is 328 Å². The molecule has 18 aromatic rings. The number of aldehydes is 1. The molecule has 0 N–H and O–H groups in total. The number of carbonyl (C=O) groups excluding carboxylic acids is 4. The number of imide groups is 1. The molecule has 1 aliphatic carbocycles. The number of hydrogen-bond donors (Lipinski definition) is 0. The minimum atomic E-state index is -1.50. The second-order valence-corrected chi connectivity index (χ2v) is 27.9. The first-order chi connectivity index (χ1) is 50.8. The Hall–Kier alpha value is -13.4. The van der Waals surface area contributed by atoms with Gasteiger partial charge in [-0.05, 0) is 184 Å². The van der Waals surface area contributed by atoms with Gasteiger partial charge < -0.3 is 28.0 Å². The number of benzene rings is 14. The second kappa shape index (κ2) is 22.3. The number of anilines is 2. The monoisotopic (exact) mass is 1320 g/mol. The Labute approximate surface area is 591 Å². The third-order valence-electron chi connectivity index (χ3n) is 22.5. The van der Waals surface area contributed by atoms with Crippen molar-refractivity contribution in [3.05, 3.63) is 328 Å². The highest BCUT2D eigenvalue weighted by molar-refractivity contribution is 6.28. The molecule has 4 unspecified atom stereocenters. The molecule has 4 aromatic heterocycles. The molecule has 103 heavy (non-hydrogen) atoms. The molecule has 3 fully saturated rings. The summed E-state index contributed by atoms with van der Waals surface area (Å²) in [6, 6.07) is 114. The Morgan fingerprint density at radius 2 is 0.563 bits per heavy atom. The van der Waals surface area contributed by atoms with Crippen molar-refractivity contribution < 1.29 is 19.2 Å². The summed E-state index contributed by atoms with van der Waals surface area (Å²) in [7, 11) is 0. The van der Waals surface area contributed by atoms with Crippen molar-refractivity contribution in [3.63, 3.8) is 0 Å². The van der Waals surface area contributed by atoms with E-state index >= 15 is 14.4 Å². The van der Waals surface area contributed by atoms with E-state index in [4.69, 9.17) is 0 Å². The van der Waals surface area contributed by atoms with Crippen LogP contribution in [-0.2, 0) is 19.2 Å². The van der Waals surface area contributed by atoms with Gasteiger partial charge in [0.25, 0.3) is 0 Å². The summed E-state index contributed by atoms with van der Waals surface area (Å²) >= 11 is 0. The average molecular weight is 1330 g/mol. The SMILES string of the molecule is O=CC12CN(c3cc(-c4ccc5c(c4)c4ccccc4n5-c4ccccc4)cc(-c4ccc5c6ccccc6n(-c6ccccc6)c5c4)c3)C(=O)C1C1C(=O)N(c3cc(-c4ccc5c6ccccc6n(-c6ccccc6)c5c4)cc(-c4ccc5c6ccccc6n(-c6ccccc6)c5c4)c3)C(=O)C12. The second-order valence-electron chi connectivity index (χ2n) is 27.9. The fourth-order valence-electron chi connectivity index (χ4n) is 18.0. The first kappa shape index (κ1) is 58.5. The van der Waals surface area contributed by atoms with Crippen molar-refractivity contribution in [2.75, 3.05) is 16.3 Å². The normalized spacial score (nSPS) is 17.3. The van der Waals surface area contributed by atoms with E-state index in [1.54, 1.807) is 4.90 Å². The molecular weight excluding hydrogens is 1270 g/mol. The van der Waals surface area contributed by atoms with Crippen molar-refractivity contribution >= 4 is 123 Å². The number of fused-ring (bicyclic) bond motifs is 16. The molecule has 3 aliphatic rings. The summed E-state index contributed by atoms with van der Waals surface area (Å²) in [5.74, 6) is -4.60. The van der Waals surface area contributed by atoms with Crippen LogP contribution in [0.3, 0.4) is 0 Å². The third kappa shape index (κ3) is 8.55. The van der Waals surface area contributed by atoms with Crippen LogP contribution in [0.4, 0.5) is 11.4 Å². The maximum atomic E-state index is 16.0. The Kier molecular flexibility index (Phi) is 12.7. The van der Waals surface area contributed by atoms with Gasteiger partial charge in [-0.3, -0.25) is 14.4 Å². The van der Waals surface area contributed by atoms with Crippen molar-refractivity contribution in [1.29, 1.82) is 0 Å². The Balaban J connectivity index is 0.701. The van der Waals surface area contributed by atoms with E-state index < -0.39 is 35.0 Å². The largest absolute Gasteiger partial charge is 0.311 e. The number of rotatable bonds is 11. The first-order valence-electron chi connectivity index (χ1n) is 35.1. The predicted molar refractivity (Wildman–Crippen MR) is 416 cm³/mol. The number of para-hydroxylation sites is 8. The maximum absolute atomic E-state index is 16.0. The molecule has 4 atom stereocenters. The lowest BCUT2D eigenvalue weighted by molar-refractivity contribution is -0.159. The lowest BCUT2D eigenvalue weighted by Gasteiger charge is -2.46. The number of amides is 3. The van der Waals surface area contributed by atoms with Crippen LogP contribution in [0, 0.1) is 23.2 Å². The van der Waals surface area contributed by atoms with E-state index in [0.717, 1.165) is 161 Å². The minimum Gasteiger partial charge on any atom is -0.311 e. The van der Waals surface area contributed by atoms with Crippen LogP contribution in [0.25, 0.3) is 154 Å². The van der Waals surface area contributed by atoms with E-state index in [1.807, 2.05) is 72.8 Å². The lowest BCUT2D eigenvalue weighted by atomic mass is 9.49. The van der Waals surface area contributed by atoms with E-state index in [-0.39, 0.29) is 12.5 Å². The highest BCUT2D eigenvalue weighted by atomic mass is 16.2. The summed E-state index contributed by atoms with van der Waals surface area (Å²) in [5.41, 5.74) is 18.8. The average Bonchev–Trinajstić information content (AvgIpc) is 1.50. The van der Waals surface area contributed by atoms with E-state index in [0.29, 0.717) is 11.4 Å². The minimum absolute atomic E-state index is 0.0854. The zero-order chi connectivity index (χ0) is 68.3. The number of nitrogens with zero attached hydrogens (tertiary/aromatic N) is 6. The van der Waals surface area contributed by atoms with E-state index in [1.165, 1.54) is 4.90 Å². The number of hydrogen-bond acceptors (Lipinski definition) is 4. The number of aromatic nitrogens is 4. The van der Waals surface area contributed by atoms with Gasteiger partial charge in [0.1, 0.15) is 6.29 Å². The maximum Gasteiger partial charge on any atom is 0.238 e. The van der Waals surface area contributed by atoms with Crippen molar-refractivity contribution in [1.82, 2.24) is 18.3 Å². The van der Waals surface area contributed by atoms with Gasteiger partial charge in [0, 0.05) is 78.1 Å². The van der Waals surface area contributed by atoms with Gasteiger partial charge >= 0.3 is 0 Å². The Morgan fingerprint density at radius 3 is 0.961 bits per heavy atom. The molecule has 1 saturated carbocycles. The molecule has 6 heterocycles. The lowest BCUT2D eigenvalue weighted by Crippen LogP contribution is -2.59. The van der Waals surface area contributed by atoms with E-state index in [2.05, 4.69) is 273 Å². The molecule has 486 valence electrons. The van der Waals surface area contributed by atoms with Gasteiger partial charge in [0.05, 0.1) is 73.0 Å². The fraction of sp³-hybridized carbons (Fsp3) is 0.0538. The summed E-state index contributed by atoms with van der Waals surface area (Å²) in [6.45, 7) is -0.0854. The Bertz CT molecular complexity index is 6490. The van der Waals surface area contributed by atoms with Crippen LogP contribution in [0.2, 0.25) is 0 Å². The van der Waals surface area contributed by atoms with Gasteiger partial charge in [-0.2, -0.15) is 0 Å². The molecule has 0 radical (unpaired) electrons. The van der Waals surface area contributed by atoms with Gasteiger partial charge in [-0.25, -0.2) is 4.90 Å². The van der Waals surface area contributed by atoms with Gasteiger partial charge in [0.2, 0.25) is 17.7 Å². The van der Waals surface area contributed by atoms with Crippen LogP contribution in [-0.4, -0.2) is 48.8 Å². The quantitative estimate of drug-likeness (QED) is 0.0952. The van der Waals surface area contributed by atoms with Crippen LogP contribution < -0.4 is 9.80 Å². The number of carbonyl (C=O) groups is 4. The molecule has 14 aromatic carbocycles. The van der Waals surface area contributed by atoms with Gasteiger partial charge in [-0.1, -0.05) is 188 Å². The Morgan fingerprint density at radius 1 is 0.252 bits per heavy atom. The highest BCUT2D eigenvalue weighted by Gasteiger charge is 2.78. The molecule has 0 bridgehead atoms.